The topological polar surface area (TPSA) is 110 Å². The molecular formula is C16H17N3O5S. The summed E-state index contributed by atoms with van der Waals surface area (Å²) in [6, 6.07) is 12.7. The van der Waals surface area contributed by atoms with Crippen LogP contribution < -0.4 is 5.32 Å². The molecule has 0 bridgehead atoms. The molecule has 2 rings (SSSR count). The van der Waals surface area contributed by atoms with Gasteiger partial charge in [-0.25, -0.2) is 8.42 Å². The smallest absolute Gasteiger partial charge is 0.271 e. The van der Waals surface area contributed by atoms with Gasteiger partial charge in [-0.3, -0.25) is 14.9 Å². The fourth-order valence-corrected chi connectivity index (χ4v) is 2.86. The Labute approximate surface area is 145 Å². The molecule has 0 radical (unpaired) electrons. The molecule has 0 aromatic heterocycles. The highest BCUT2D eigenvalue weighted by Crippen LogP contribution is 2.25. The maximum absolute atomic E-state index is 12.7. The van der Waals surface area contributed by atoms with Gasteiger partial charge in [-0.15, -0.1) is 0 Å². The summed E-state index contributed by atoms with van der Waals surface area (Å²) in [6.07, 6.45) is 1.00. The molecule has 2 aromatic carbocycles. The van der Waals surface area contributed by atoms with Crippen LogP contribution in [0.2, 0.25) is 0 Å². The van der Waals surface area contributed by atoms with E-state index >= 15 is 0 Å². The van der Waals surface area contributed by atoms with Crippen LogP contribution in [0.1, 0.15) is 11.6 Å². The van der Waals surface area contributed by atoms with Crippen molar-refractivity contribution in [3.8, 4) is 0 Å². The number of anilines is 1. The summed E-state index contributed by atoms with van der Waals surface area (Å²) in [5, 5.41) is 13.4. The van der Waals surface area contributed by atoms with Crippen molar-refractivity contribution in [2.45, 2.75) is 6.04 Å². The van der Waals surface area contributed by atoms with Crippen molar-refractivity contribution in [2.24, 2.45) is 0 Å². The zero-order chi connectivity index (χ0) is 18.6. The van der Waals surface area contributed by atoms with Gasteiger partial charge in [-0.05, 0) is 11.6 Å². The highest BCUT2D eigenvalue weighted by atomic mass is 32.2. The molecule has 8 nitrogen and oxygen atoms in total. The Hall–Kier alpha value is -2.78. The molecule has 2 aromatic rings. The quantitative estimate of drug-likeness (QED) is 0.625. The number of nitro benzene ring substituents is 1. The van der Waals surface area contributed by atoms with Gasteiger partial charge in [0.25, 0.3) is 5.69 Å². The average molecular weight is 363 g/mol. The van der Waals surface area contributed by atoms with E-state index in [1.54, 1.807) is 30.3 Å². The summed E-state index contributed by atoms with van der Waals surface area (Å²) >= 11 is 0. The lowest BCUT2D eigenvalue weighted by atomic mass is 10.1. The maximum Gasteiger partial charge on any atom is 0.271 e. The van der Waals surface area contributed by atoms with E-state index < -0.39 is 26.9 Å². The average Bonchev–Trinajstić information content (AvgIpc) is 2.55. The van der Waals surface area contributed by atoms with Gasteiger partial charge in [0.2, 0.25) is 15.9 Å². The third-order valence-electron chi connectivity index (χ3n) is 3.57. The molecule has 0 spiro atoms. The number of non-ortho nitro benzene ring substituents is 1. The Morgan fingerprint density at radius 1 is 1.16 bits per heavy atom. The standard InChI is InChI=1S/C16H17N3O5S/c1-18(25(2,23)24)15(12-7-4-3-5-8-12)16(20)17-13-9-6-10-14(11-13)19(21)22/h3-11,15H,1-2H3,(H,17,20)/t15-/m0/s1. The van der Waals surface area contributed by atoms with Crippen molar-refractivity contribution in [2.75, 3.05) is 18.6 Å². The largest absolute Gasteiger partial charge is 0.324 e. The van der Waals surface area contributed by atoms with Crippen molar-refractivity contribution in [3.05, 3.63) is 70.3 Å². The fraction of sp³-hybridized carbons (Fsp3) is 0.188. The van der Waals surface area contributed by atoms with Crippen molar-refractivity contribution in [1.29, 1.82) is 0 Å². The third-order valence-corrected chi connectivity index (χ3v) is 4.83. The van der Waals surface area contributed by atoms with E-state index in [0.29, 0.717) is 5.56 Å². The lowest BCUT2D eigenvalue weighted by Crippen LogP contribution is -2.38. The number of carbonyl (C=O) groups is 1. The van der Waals surface area contributed by atoms with E-state index in [-0.39, 0.29) is 11.4 Å². The molecular weight excluding hydrogens is 346 g/mol. The molecule has 0 aliphatic heterocycles. The molecule has 0 aliphatic rings. The van der Waals surface area contributed by atoms with Gasteiger partial charge in [0.15, 0.2) is 0 Å². The van der Waals surface area contributed by atoms with Crippen LogP contribution in [0.4, 0.5) is 11.4 Å². The van der Waals surface area contributed by atoms with Crippen LogP contribution >= 0.6 is 0 Å². The summed E-state index contributed by atoms with van der Waals surface area (Å²) in [6.45, 7) is 0. The molecule has 1 N–H and O–H groups in total. The van der Waals surface area contributed by atoms with Crippen molar-refractivity contribution in [3.63, 3.8) is 0 Å². The second-order valence-corrected chi connectivity index (χ2v) is 7.43. The van der Waals surface area contributed by atoms with Gasteiger partial charge < -0.3 is 5.32 Å². The van der Waals surface area contributed by atoms with Gasteiger partial charge in [-0.2, -0.15) is 4.31 Å². The summed E-state index contributed by atoms with van der Waals surface area (Å²) in [5.41, 5.74) is 0.519. The number of hydrogen-bond acceptors (Lipinski definition) is 5. The van der Waals surface area contributed by atoms with E-state index in [2.05, 4.69) is 5.32 Å². The molecule has 0 aliphatic carbocycles. The maximum atomic E-state index is 12.7. The molecule has 132 valence electrons. The predicted molar refractivity (Wildman–Crippen MR) is 93.5 cm³/mol. The Morgan fingerprint density at radius 2 is 1.80 bits per heavy atom. The Balaban J connectivity index is 2.36. The molecule has 0 unspecified atom stereocenters. The zero-order valence-electron chi connectivity index (χ0n) is 13.6. The molecule has 0 saturated heterocycles. The van der Waals surface area contributed by atoms with Crippen LogP contribution in [0, 0.1) is 10.1 Å². The van der Waals surface area contributed by atoms with Gasteiger partial charge in [-0.1, -0.05) is 36.4 Å². The number of hydrogen-bond donors (Lipinski definition) is 1. The first-order valence-corrected chi connectivity index (χ1v) is 9.08. The van der Waals surface area contributed by atoms with E-state index in [0.717, 1.165) is 10.6 Å². The zero-order valence-corrected chi connectivity index (χ0v) is 14.4. The minimum Gasteiger partial charge on any atom is -0.324 e. The number of nitrogens with one attached hydrogen (secondary N) is 1. The van der Waals surface area contributed by atoms with Crippen LogP contribution in [-0.4, -0.2) is 36.9 Å². The summed E-state index contributed by atoms with van der Waals surface area (Å²) < 4.78 is 24.8. The van der Waals surface area contributed by atoms with E-state index in [4.69, 9.17) is 0 Å². The Kier molecular flexibility index (Phi) is 5.50. The molecule has 1 atom stereocenters. The molecule has 9 heteroatoms. The van der Waals surface area contributed by atoms with E-state index in [1.165, 1.54) is 31.3 Å². The Morgan fingerprint density at radius 3 is 2.36 bits per heavy atom. The number of nitro groups is 1. The van der Waals surface area contributed by atoms with Crippen LogP contribution in [0.25, 0.3) is 0 Å². The van der Waals surface area contributed by atoms with E-state index in [1.807, 2.05) is 0 Å². The minimum absolute atomic E-state index is 0.175. The highest BCUT2D eigenvalue weighted by Gasteiger charge is 2.30. The Bertz CT molecular complexity index is 884. The second kappa shape index (κ2) is 7.41. The number of carbonyl (C=O) groups excluding carboxylic acids is 1. The first-order chi connectivity index (χ1) is 11.7. The van der Waals surface area contributed by atoms with Crippen LogP contribution in [0.3, 0.4) is 0 Å². The van der Waals surface area contributed by atoms with Crippen molar-refractivity contribution < 1.29 is 18.1 Å². The molecule has 0 saturated carbocycles. The molecule has 0 fully saturated rings. The van der Waals surface area contributed by atoms with Gasteiger partial charge in [0.1, 0.15) is 6.04 Å². The lowest BCUT2D eigenvalue weighted by molar-refractivity contribution is -0.384. The highest BCUT2D eigenvalue weighted by molar-refractivity contribution is 7.88. The van der Waals surface area contributed by atoms with Crippen molar-refractivity contribution >= 4 is 27.3 Å². The SMILES string of the molecule is CN([C@H](C(=O)Nc1cccc([N+](=O)[O-])c1)c1ccccc1)S(C)(=O)=O. The number of likely N-dealkylation sites (N-methyl/N-ethyl adjacent to an activating group) is 1. The van der Waals surface area contributed by atoms with Gasteiger partial charge in [0.05, 0.1) is 11.2 Å². The van der Waals surface area contributed by atoms with Gasteiger partial charge in [0, 0.05) is 24.9 Å². The summed E-state index contributed by atoms with van der Waals surface area (Å²) in [7, 11) is -2.34. The van der Waals surface area contributed by atoms with Crippen LogP contribution in [0.15, 0.2) is 54.6 Å². The number of nitrogens with zero attached hydrogens (tertiary/aromatic N) is 2. The minimum atomic E-state index is -3.64. The monoisotopic (exact) mass is 363 g/mol. The first kappa shape index (κ1) is 18.6. The molecule has 1 amide bonds. The molecule has 0 heterocycles. The lowest BCUT2D eigenvalue weighted by Gasteiger charge is -2.25. The predicted octanol–water partition coefficient (Wildman–Crippen LogP) is 2.17. The van der Waals surface area contributed by atoms with Crippen LogP contribution in [-0.2, 0) is 14.8 Å². The number of amides is 1. The number of sulfonamides is 1. The number of rotatable bonds is 6. The first-order valence-electron chi connectivity index (χ1n) is 7.23. The van der Waals surface area contributed by atoms with Crippen molar-refractivity contribution in [1.82, 2.24) is 4.31 Å². The fourth-order valence-electron chi connectivity index (χ4n) is 2.26. The number of benzene rings is 2. The van der Waals surface area contributed by atoms with E-state index in [9.17, 15) is 23.3 Å². The van der Waals surface area contributed by atoms with Gasteiger partial charge >= 0.3 is 0 Å². The third kappa shape index (κ3) is 4.61. The molecule has 25 heavy (non-hydrogen) atoms. The summed E-state index contributed by atoms with van der Waals surface area (Å²) in [4.78, 5) is 23.0. The van der Waals surface area contributed by atoms with Crippen LogP contribution in [0.5, 0.6) is 0 Å². The normalized spacial score (nSPS) is 12.6. The summed E-state index contributed by atoms with van der Waals surface area (Å²) in [5.74, 6) is -0.611. The second-order valence-electron chi connectivity index (χ2n) is 5.39.